The second-order valence-corrected chi connectivity index (χ2v) is 8.58. The van der Waals surface area contributed by atoms with Gasteiger partial charge in [0.05, 0.1) is 38.3 Å². The van der Waals surface area contributed by atoms with E-state index in [1.807, 2.05) is 39.0 Å². The number of nitrogens with zero attached hydrogens (tertiary/aromatic N) is 1. The molecule has 8 heteroatoms. The maximum absolute atomic E-state index is 12.6. The summed E-state index contributed by atoms with van der Waals surface area (Å²) in [5.74, 6) is -2.15. The molecule has 0 aromatic heterocycles. The molecule has 1 aromatic rings. The summed E-state index contributed by atoms with van der Waals surface area (Å²) in [6, 6.07) is 5.41. The van der Waals surface area contributed by atoms with Crippen molar-refractivity contribution in [2.24, 2.45) is 11.8 Å². The van der Waals surface area contributed by atoms with Crippen molar-refractivity contribution in [3.63, 3.8) is 0 Å². The van der Waals surface area contributed by atoms with E-state index in [1.54, 1.807) is 17.0 Å². The lowest BCUT2D eigenvalue weighted by molar-refractivity contribution is -0.158. The molecule has 1 amide bonds. The molecule has 1 aliphatic carbocycles. The van der Waals surface area contributed by atoms with E-state index in [9.17, 15) is 14.4 Å². The summed E-state index contributed by atoms with van der Waals surface area (Å²) in [5, 5.41) is 0. The second kappa shape index (κ2) is 8.99. The van der Waals surface area contributed by atoms with Gasteiger partial charge in [-0.05, 0) is 44.9 Å². The lowest BCUT2D eigenvalue weighted by atomic mass is 9.72. The molecule has 0 N–H and O–H groups in total. The fourth-order valence-corrected chi connectivity index (χ4v) is 4.00. The van der Waals surface area contributed by atoms with Gasteiger partial charge < -0.3 is 18.9 Å². The number of carbonyl (C=O) groups excluding carboxylic acids is 3. The van der Waals surface area contributed by atoms with Gasteiger partial charge in [-0.15, -0.1) is 0 Å². The van der Waals surface area contributed by atoms with Crippen molar-refractivity contribution < 1.29 is 33.3 Å². The monoisotopic (exact) mass is 431 g/mol. The smallest absolute Gasteiger partial charge is 0.415 e. The Morgan fingerprint density at radius 1 is 1.10 bits per heavy atom. The summed E-state index contributed by atoms with van der Waals surface area (Å²) in [4.78, 5) is 39.0. The number of ether oxygens (including phenoxy) is 4. The molecule has 0 bridgehead atoms. The van der Waals surface area contributed by atoms with Crippen LogP contribution in [-0.2, 0) is 23.8 Å². The number of methoxy groups -OCH3 is 2. The van der Waals surface area contributed by atoms with E-state index in [2.05, 4.69) is 0 Å². The highest BCUT2D eigenvalue weighted by molar-refractivity contribution is 5.90. The van der Waals surface area contributed by atoms with Crippen LogP contribution in [0.3, 0.4) is 0 Å². The molecule has 1 heterocycles. The van der Waals surface area contributed by atoms with Gasteiger partial charge in [0.2, 0.25) is 0 Å². The number of rotatable bonds is 3. The number of benzene rings is 1. The zero-order chi connectivity index (χ0) is 22.8. The lowest BCUT2D eigenvalue weighted by Gasteiger charge is -2.34. The third kappa shape index (κ3) is 4.84. The van der Waals surface area contributed by atoms with E-state index in [0.717, 1.165) is 5.56 Å². The molecular formula is C23H29NO7. The molecule has 168 valence electrons. The zero-order valence-corrected chi connectivity index (χ0v) is 18.5. The first-order valence-electron chi connectivity index (χ1n) is 10.3. The minimum atomic E-state index is -0.717. The molecule has 3 rings (SSSR count). The summed E-state index contributed by atoms with van der Waals surface area (Å²) in [6.07, 6.45) is 3.73. The number of carbonyl (C=O) groups is 3. The third-order valence-electron chi connectivity index (χ3n) is 5.38. The topological polar surface area (TPSA) is 91.4 Å². The first kappa shape index (κ1) is 22.7. The van der Waals surface area contributed by atoms with Gasteiger partial charge in [-0.1, -0.05) is 18.2 Å². The highest BCUT2D eigenvalue weighted by Crippen LogP contribution is 2.42. The van der Waals surface area contributed by atoms with Crippen LogP contribution in [0.4, 0.5) is 10.5 Å². The Balaban J connectivity index is 1.94. The summed E-state index contributed by atoms with van der Waals surface area (Å²) in [7, 11) is 2.61. The lowest BCUT2D eigenvalue weighted by Crippen LogP contribution is -2.41. The van der Waals surface area contributed by atoms with Crippen molar-refractivity contribution in [3.05, 3.63) is 35.9 Å². The van der Waals surface area contributed by atoms with E-state index in [4.69, 9.17) is 18.9 Å². The van der Waals surface area contributed by atoms with Crippen molar-refractivity contribution in [1.82, 2.24) is 0 Å². The molecule has 0 spiro atoms. The molecule has 1 aromatic carbocycles. The summed E-state index contributed by atoms with van der Waals surface area (Å²) in [6.45, 7) is 6.14. The van der Waals surface area contributed by atoms with Gasteiger partial charge in [0, 0.05) is 5.92 Å². The Hall–Kier alpha value is -3.03. The number of hydrogen-bond donors (Lipinski definition) is 0. The highest BCUT2D eigenvalue weighted by Gasteiger charge is 2.42. The predicted molar refractivity (Wildman–Crippen MR) is 113 cm³/mol. The molecule has 31 heavy (non-hydrogen) atoms. The average Bonchev–Trinajstić information content (AvgIpc) is 2.75. The van der Waals surface area contributed by atoms with Crippen molar-refractivity contribution in [1.29, 1.82) is 0 Å². The normalized spacial score (nSPS) is 22.7. The van der Waals surface area contributed by atoms with E-state index in [1.165, 1.54) is 14.2 Å². The van der Waals surface area contributed by atoms with Crippen LogP contribution in [0.15, 0.2) is 30.4 Å². The SMILES string of the molecule is COC(=O)[C@@H]1[C@@H](c2ccc3c(c2)OCCN3C(=O)OC(C)(C)C)C=CC[C@H]1C(=O)OC. The van der Waals surface area contributed by atoms with E-state index < -0.39 is 41.4 Å². The Morgan fingerprint density at radius 3 is 2.45 bits per heavy atom. The summed E-state index contributed by atoms with van der Waals surface area (Å²) in [5.41, 5.74) is 0.771. The molecule has 0 fully saturated rings. The Labute approximate surface area is 182 Å². The molecule has 2 aliphatic rings. The third-order valence-corrected chi connectivity index (χ3v) is 5.38. The van der Waals surface area contributed by atoms with Crippen LogP contribution in [0.2, 0.25) is 0 Å². The van der Waals surface area contributed by atoms with Crippen LogP contribution in [0, 0.1) is 11.8 Å². The fourth-order valence-electron chi connectivity index (χ4n) is 4.00. The maximum Gasteiger partial charge on any atom is 0.415 e. The van der Waals surface area contributed by atoms with Crippen LogP contribution in [-0.4, -0.2) is 51.0 Å². The van der Waals surface area contributed by atoms with Crippen LogP contribution >= 0.6 is 0 Å². The quantitative estimate of drug-likeness (QED) is 0.411. The Morgan fingerprint density at radius 2 is 1.81 bits per heavy atom. The highest BCUT2D eigenvalue weighted by atomic mass is 16.6. The second-order valence-electron chi connectivity index (χ2n) is 8.58. The standard InChI is InChI=1S/C23H29NO7/c1-23(2,3)31-22(27)24-11-12-30-18-13-14(9-10-17(18)24)15-7-6-8-16(20(25)28-4)19(15)21(26)29-5/h6-7,9-10,13,15-16,19H,8,11-12H2,1-5H3/t15-,16-,19-/m1/s1. The molecule has 8 nitrogen and oxygen atoms in total. The van der Waals surface area contributed by atoms with Crippen molar-refractivity contribution in [2.75, 3.05) is 32.3 Å². The van der Waals surface area contributed by atoms with Gasteiger partial charge in [-0.25, -0.2) is 4.79 Å². The Kier molecular flexibility index (Phi) is 6.57. The van der Waals surface area contributed by atoms with Gasteiger partial charge in [0.1, 0.15) is 18.0 Å². The van der Waals surface area contributed by atoms with E-state index in [0.29, 0.717) is 31.0 Å². The molecule has 0 unspecified atom stereocenters. The van der Waals surface area contributed by atoms with Gasteiger partial charge in [0.25, 0.3) is 0 Å². The van der Waals surface area contributed by atoms with E-state index >= 15 is 0 Å². The maximum atomic E-state index is 12.6. The number of anilines is 1. The van der Waals surface area contributed by atoms with Gasteiger partial charge >= 0.3 is 18.0 Å². The molecule has 1 aliphatic heterocycles. The van der Waals surface area contributed by atoms with E-state index in [-0.39, 0.29) is 0 Å². The number of amides is 1. The average molecular weight is 431 g/mol. The molecule has 3 atom stereocenters. The minimum absolute atomic E-state index is 0.321. The summed E-state index contributed by atoms with van der Waals surface area (Å²) >= 11 is 0. The summed E-state index contributed by atoms with van der Waals surface area (Å²) < 4.78 is 21.2. The first-order valence-corrected chi connectivity index (χ1v) is 10.3. The fraction of sp³-hybridized carbons (Fsp3) is 0.522. The van der Waals surface area contributed by atoms with Gasteiger partial charge in [-0.3, -0.25) is 14.5 Å². The first-order chi connectivity index (χ1) is 14.7. The molecule has 0 radical (unpaired) electrons. The van der Waals surface area contributed by atoms with Crippen molar-refractivity contribution >= 4 is 23.7 Å². The number of hydrogen-bond acceptors (Lipinski definition) is 7. The van der Waals surface area contributed by atoms with Crippen LogP contribution in [0.5, 0.6) is 5.75 Å². The van der Waals surface area contributed by atoms with Crippen LogP contribution in [0.1, 0.15) is 38.7 Å². The molecule has 0 saturated carbocycles. The molecular weight excluding hydrogens is 402 g/mol. The minimum Gasteiger partial charge on any atom is -0.490 e. The van der Waals surface area contributed by atoms with Gasteiger partial charge in [-0.2, -0.15) is 0 Å². The van der Waals surface area contributed by atoms with Crippen molar-refractivity contribution in [2.45, 2.75) is 38.7 Å². The number of allylic oxidation sites excluding steroid dienone is 2. The van der Waals surface area contributed by atoms with Crippen LogP contribution in [0.25, 0.3) is 0 Å². The number of esters is 2. The Bertz CT molecular complexity index is 886. The van der Waals surface area contributed by atoms with Crippen LogP contribution < -0.4 is 9.64 Å². The zero-order valence-electron chi connectivity index (χ0n) is 18.5. The molecule has 0 saturated heterocycles. The van der Waals surface area contributed by atoms with Gasteiger partial charge in [0.15, 0.2) is 0 Å². The predicted octanol–water partition coefficient (Wildman–Crippen LogP) is 3.44. The van der Waals surface area contributed by atoms with Crippen molar-refractivity contribution in [3.8, 4) is 5.75 Å². The largest absolute Gasteiger partial charge is 0.490 e. The number of fused-ring (bicyclic) bond motifs is 1.